The highest BCUT2D eigenvalue weighted by molar-refractivity contribution is 5.72. The van der Waals surface area contributed by atoms with Crippen LogP contribution in [0.5, 0.6) is 0 Å². The summed E-state index contributed by atoms with van der Waals surface area (Å²) in [6, 6.07) is 19.8. The number of ether oxygens (including phenoxy) is 1. The Balaban J connectivity index is 1.33. The van der Waals surface area contributed by atoms with Crippen molar-refractivity contribution >= 4 is 6.09 Å². The molecule has 5 rings (SSSR count). The molecule has 1 saturated carbocycles. The van der Waals surface area contributed by atoms with Crippen LogP contribution in [0, 0.1) is 0 Å². The molecule has 2 aliphatic rings. The first kappa shape index (κ1) is 17.9. The summed E-state index contributed by atoms with van der Waals surface area (Å²) in [5, 5.41) is 8.44. The predicted molar refractivity (Wildman–Crippen MR) is 107 cm³/mol. The van der Waals surface area contributed by atoms with Gasteiger partial charge in [-0.1, -0.05) is 48.5 Å². The third kappa shape index (κ3) is 3.09. The fraction of sp³-hybridized carbons (Fsp3) is 0.348. The molecule has 0 bridgehead atoms. The molecule has 6 nitrogen and oxygen atoms in total. The molecular weight excluding hydrogens is 366 g/mol. The topological polar surface area (TPSA) is 68.5 Å². The first-order chi connectivity index (χ1) is 14.0. The second kappa shape index (κ2) is 6.72. The molecule has 1 saturated heterocycles. The van der Waals surface area contributed by atoms with E-state index in [1.54, 1.807) is 0 Å². The highest BCUT2D eigenvalue weighted by atomic mass is 16.6. The summed E-state index contributed by atoms with van der Waals surface area (Å²) >= 11 is 0. The van der Waals surface area contributed by atoms with Crippen LogP contribution in [0.3, 0.4) is 0 Å². The van der Waals surface area contributed by atoms with Gasteiger partial charge in [0.05, 0.1) is 6.04 Å². The minimum Gasteiger partial charge on any atom is -0.441 e. The van der Waals surface area contributed by atoms with Crippen LogP contribution in [0.1, 0.15) is 50.1 Å². The van der Waals surface area contributed by atoms with Gasteiger partial charge in [0.1, 0.15) is 5.60 Å². The van der Waals surface area contributed by atoms with E-state index in [0.717, 1.165) is 24.0 Å². The second-order valence-corrected chi connectivity index (χ2v) is 8.33. The van der Waals surface area contributed by atoms with Crippen molar-refractivity contribution in [1.82, 2.24) is 15.1 Å². The Morgan fingerprint density at radius 1 is 0.966 bits per heavy atom. The molecule has 1 aromatic heterocycles. The number of aromatic nitrogens is 2. The summed E-state index contributed by atoms with van der Waals surface area (Å²) in [7, 11) is 0. The van der Waals surface area contributed by atoms with Crippen LogP contribution < -0.4 is 0 Å². The third-order valence-corrected chi connectivity index (χ3v) is 5.93. The molecular formula is C23H23N3O3. The maximum atomic E-state index is 12.7. The van der Waals surface area contributed by atoms with Gasteiger partial charge in [-0.3, -0.25) is 4.90 Å². The van der Waals surface area contributed by atoms with Gasteiger partial charge in [-0.25, -0.2) is 4.79 Å². The standard InChI is InChI=1S/C23H23N3O3/c1-23(2)19(15-9-5-3-6-10-15)26(22(27)29-23)18-13-17(14-18)21-25-24-20(28-21)16-11-7-4-8-12-16/h3-12,17-19H,13-14H2,1-2H3. The van der Waals surface area contributed by atoms with Gasteiger partial charge in [-0.15, -0.1) is 10.2 Å². The van der Waals surface area contributed by atoms with Crippen molar-refractivity contribution in [2.75, 3.05) is 0 Å². The lowest BCUT2D eigenvalue weighted by atomic mass is 9.77. The average Bonchev–Trinajstić information content (AvgIpc) is 3.25. The van der Waals surface area contributed by atoms with Crippen LogP contribution in [-0.4, -0.2) is 32.8 Å². The maximum Gasteiger partial charge on any atom is 0.411 e. The van der Waals surface area contributed by atoms with Crippen molar-refractivity contribution in [2.24, 2.45) is 0 Å². The minimum atomic E-state index is -0.575. The van der Waals surface area contributed by atoms with E-state index >= 15 is 0 Å². The van der Waals surface area contributed by atoms with E-state index in [-0.39, 0.29) is 24.1 Å². The molecule has 1 aliphatic carbocycles. The van der Waals surface area contributed by atoms with Crippen molar-refractivity contribution in [2.45, 2.75) is 50.3 Å². The Bertz CT molecular complexity index is 1010. The quantitative estimate of drug-likeness (QED) is 0.631. The summed E-state index contributed by atoms with van der Waals surface area (Å²) in [4.78, 5) is 14.6. The number of hydrogen-bond acceptors (Lipinski definition) is 5. The lowest BCUT2D eigenvalue weighted by molar-refractivity contribution is 0.0641. The number of carbonyl (C=O) groups excluding carboxylic acids is 1. The fourth-order valence-corrected chi connectivity index (χ4v) is 4.44. The van der Waals surface area contributed by atoms with Gasteiger partial charge < -0.3 is 9.15 Å². The molecule has 3 aromatic rings. The molecule has 0 radical (unpaired) electrons. The zero-order chi connectivity index (χ0) is 20.0. The average molecular weight is 389 g/mol. The normalized spacial score (nSPS) is 25.5. The van der Waals surface area contributed by atoms with Crippen LogP contribution in [-0.2, 0) is 4.74 Å². The molecule has 1 aliphatic heterocycles. The van der Waals surface area contributed by atoms with Gasteiger partial charge in [0.2, 0.25) is 11.8 Å². The van der Waals surface area contributed by atoms with Crippen molar-refractivity contribution in [3.05, 3.63) is 72.1 Å². The molecule has 0 spiro atoms. The molecule has 29 heavy (non-hydrogen) atoms. The molecule has 2 aromatic carbocycles. The number of amides is 1. The number of rotatable bonds is 4. The van der Waals surface area contributed by atoms with Crippen molar-refractivity contribution in [3.8, 4) is 11.5 Å². The van der Waals surface area contributed by atoms with E-state index in [2.05, 4.69) is 22.3 Å². The Labute approximate surface area is 169 Å². The smallest absolute Gasteiger partial charge is 0.411 e. The Morgan fingerprint density at radius 3 is 2.31 bits per heavy atom. The zero-order valence-electron chi connectivity index (χ0n) is 16.5. The number of carbonyl (C=O) groups is 1. The summed E-state index contributed by atoms with van der Waals surface area (Å²) in [6.45, 7) is 3.95. The summed E-state index contributed by atoms with van der Waals surface area (Å²) in [5.41, 5.74) is 1.43. The Hall–Kier alpha value is -3.15. The monoisotopic (exact) mass is 389 g/mol. The number of hydrogen-bond donors (Lipinski definition) is 0. The Morgan fingerprint density at radius 2 is 1.62 bits per heavy atom. The van der Waals surface area contributed by atoms with E-state index in [4.69, 9.17) is 9.15 Å². The van der Waals surface area contributed by atoms with E-state index in [0.29, 0.717) is 11.8 Å². The lowest BCUT2D eigenvalue weighted by Gasteiger charge is -2.42. The zero-order valence-corrected chi connectivity index (χ0v) is 16.5. The van der Waals surface area contributed by atoms with Crippen LogP contribution in [0.25, 0.3) is 11.5 Å². The number of benzene rings is 2. The van der Waals surface area contributed by atoms with E-state index in [1.165, 1.54) is 0 Å². The van der Waals surface area contributed by atoms with Gasteiger partial charge >= 0.3 is 6.09 Å². The Kier molecular flexibility index (Phi) is 4.15. The van der Waals surface area contributed by atoms with Gasteiger partial charge in [0.15, 0.2) is 0 Å². The SMILES string of the molecule is CC1(C)OC(=O)N(C2CC(c3nnc(-c4ccccc4)o3)C2)C1c1ccccc1. The largest absolute Gasteiger partial charge is 0.441 e. The number of cyclic esters (lactones) is 1. The van der Waals surface area contributed by atoms with Gasteiger partial charge in [-0.2, -0.15) is 0 Å². The highest BCUT2D eigenvalue weighted by Crippen LogP contribution is 2.49. The number of nitrogens with zero attached hydrogens (tertiary/aromatic N) is 3. The van der Waals surface area contributed by atoms with Crippen molar-refractivity contribution in [3.63, 3.8) is 0 Å². The van der Waals surface area contributed by atoms with Crippen LogP contribution in [0.2, 0.25) is 0 Å². The third-order valence-electron chi connectivity index (χ3n) is 5.93. The van der Waals surface area contributed by atoms with Gasteiger partial charge in [0.25, 0.3) is 0 Å². The first-order valence-electron chi connectivity index (χ1n) is 9.98. The molecule has 2 heterocycles. The van der Waals surface area contributed by atoms with E-state index in [9.17, 15) is 4.79 Å². The molecule has 6 heteroatoms. The molecule has 1 unspecified atom stereocenters. The predicted octanol–water partition coefficient (Wildman–Crippen LogP) is 4.95. The molecule has 2 fully saturated rings. The van der Waals surface area contributed by atoms with E-state index < -0.39 is 5.60 Å². The molecule has 1 atom stereocenters. The lowest BCUT2D eigenvalue weighted by Crippen LogP contribution is -2.47. The highest BCUT2D eigenvalue weighted by Gasteiger charge is 2.54. The molecule has 0 N–H and O–H groups in total. The minimum absolute atomic E-state index is 0.103. The van der Waals surface area contributed by atoms with Gasteiger partial charge in [-0.05, 0) is 44.4 Å². The van der Waals surface area contributed by atoms with E-state index in [1.807, 2.05) is 67.3 Å². The van der Waals surface area contributed by atoms with Crippen LogP contribution >= 0.6 is 0 Å². The summed E-state index contributed by atoms with van der Waals surface area (Å²) < 4.78 is 11.6. The molecule has 148 valence electrons. The first-order valence-corrected chi connectivity index (χ1v) is 9.98. The summed E-state index contributed by atoms with van der Waals surface area (Å²) in [6.07, 6.45) is 1.35. The second-order valence-electron chi connectivity index (χ2n) is 8.33. The van der Waals surface area contributed by atoms with Crippen molar-refractivity contribution in [1.29, 1.82) is 0 Å². The maximum absolute atomic E-state index is 12.7. The van der Waals surface area contributed by atoms with Crippen molar-refractivity contribution < 1.29 is 13.9 Å². The van der Waals surface area contributed by atoms with Crippen LogP contribution in [0.15, 0.2) is 65.1 Å². The summed E-state index contributed by atoms with van der Waals surface area (Å²) in [5.74, 6) is 1.34. The molecule has 1 amide bonds. The van der Waals surface area contributed by atoms with Crippen LogP contribution in [0.4, 0.5) is 4.79 Å². The van der Waals surface area contributed by atoms with Gasteiger partial charge in [0, 0.05) is 17.5 Å². The fourth-order valence-electron chi connectivity index (χ4n) is 4.44.